The van der Waals surface area contributed by atoms with Gasteiger partial charge in [-0.3, -0.25) is 0 Å². The van der Waals surface area contributed by atoms with Crippen LogP contribution in [0.4, 0.5) is 0 Å². The van der Waals surface area contributed by atoms with E-state index in [0.717, 1.165) is 42.9 Å². The lowest BCUT2D eigenvalue weighted by Crippen LogP contribution is -2.40. The van der Waals surface area contributed by atoms with Crippen LogP contribution in [0.2, 0.25) is 0 Å². The van der Waals surface area contributed by atoms with Crippen LogP contribution < -0.4 is 24.8 Å². The minimum Gasteiger partial charge on any atom is -0.493 e. The maximum absolute atomic E-state index is 5.44. The van der Waals surface area contributed by atoms with Gasteiger partial charge in [-0.2, -0.15) is 0 Å². The van der Waals surface area contributed by atoms with Gasteiger partial charge in [0.25, 0.3) is 0 Å². The van der Waals surface area contributed by atoms with Crippen LogP contribution in [0.3, 0.4) is 0 Å². The number of unbranched alkanes of at least 4 members (excludes halogenated alkanes) is 1. The molecule has 0 spiro atoms. The van der Waals surface area contributed by atoms with Gasteiger partial charge in [0, 0.05) is 26.2 Å². The molecule has 7 nitrogen and oxygen atoms in total. The fourth-order valence-electron chi connectivity index (χ4n) is 4.38. The fourth-order valence-corrected chi connectivity index (χ4v) is 4.38. The number of likely N-dealkylation sites (tertiary alicyclic amines) is 1. The molecule has 31 heavy (non-hydrogen) atoms. The molecule has 0 bridgehead atoms. The SMILES string of the molecule is CCNC(=NCc1cc(OC)c(OC)c(OC)c1)NCCCCN1CC(C)CC(C)C1. The van der Waals surface area contributed by atoms with Gasteiger partial charge >= 0.3 is 0 Å². The Morgan fingerprint density at radius 1 is 1.00 bits per heavy atom. The summed E-state index contributed by atoms with van der Waals surface area (Å²) in [5, 5.41) is 6.78. The topological polar surface area (TPSA) is 67.4 Å². The zero-order valence-corrected chi connectivity index (χ0v) is 20.3. The highest BCUT2D eigenvalue weighted by Gasteiger charge is 2.21. The molecule has 2 atom stereocenters. The van der Waals surface area contributed by atoms with Crippen molar-refractivity contribution in [1.82, 2.24) is 15.5 Å². The summed E-state index contributed by atoms with van der Waals surface area (Å²) in [6, 6.07) is 3.88. The Balaban J connectivity index is 1.85. The Kier molecular flexibility index (Phi) is 10.8. The second-order valence-electron chi connectivity index (χ2n) is 8.57. The maximum atomic E-state index is 5.44. The predicted octanol–water partition coefficient (Wildman–Crippen LogP) is 3.53. The molecule has 1 saturated heterocycles. The van der Waals surface area contributed by atoms with Crippen molar-refractivity contribution < 1.29 is 14.2 Å². The van der Waals surface area contributed by atoms with Gasteiger partial charge in [-0.15, -0.1) is 0 Å². The maximum Gasteiger partial charge on any atom is 0.203 e. The molecule has 1 aromatic carbocycles. The van der Waals surface area contributed by atoms with Crippen molar-refractivity contribution in [3.8, 4) is 17.2 Å². The molecule has 0 aromatic heterocycles. The van der Waals surface area contributed by atoms with Crippen LogP contribution in [0.15, 0.2) is 17.1 Å². The van der Waals surface area contributed by atoms with Gasteiger partial charge in [0.2, 0.25) is 5.75 Å². The molecule has 0 saturated carbocycles. The van der Waals surface area contributed by atoms with Crippen LogP contribution in [0, 0.1) is 11.8 Å². The molecule has 0 aliphatic carbocycles. The minimum atomic E-state index is 0.523. The van der Waals surface area contributed by atoms with E-state index < -0.39 is 0 Å². The first-order chi connectivity index (χ1) is 15.0. The average molecular weight is 435 g/mol. The number of benzene rings is 1. The predicted molar refractivity (Wildman–Crippen MR) is 128 cm³/mol. The summed E-state index contributed by atoms with van der Waals surface area (Å²) in [5.41, 5.74) is 1.00. The number of nitrogens with one attached hydrogen (secondary N) is 2. The lowest BCUT2D eigenvalue weighted by atomic mass is 9.92. The molecule has 2 unspecified atom stereocenters. The zero-order chi connectivity index (χ0) is 22.6. The number of nitrogens with zero attached hydrogens (tertiary/aromatic N) is 2. The number of guanidine groups is 1. The van der Waals surface area contributed by atoms with E-state index in [0.29, 0.717) is 23.8 Å². The number of hydrogen-bond acceptors (Lipinski definition) is 5. The molecule has 1 fully saturated rings. The molecule has 1 heterocycles. The highest BCUT2D eigenvalue weighted by molar-refractivity contribution is 5.79. The molecule has 1 aromatic rings. The van der Waals surface area contributed by atoms with Gasteiger partial charge in [0.05, 0.1) is 27.9 Å². The molecule has 1 aliphatic heterocycles. The minimum absolute atomic E-state index is 0.523. The van der Waals surface area contributed by atoms with E-state index in [1.54, 1.807) is 21.3 Å². The molecule has 2 N–H and O–H groups in total. The van der Waals surface area contributed by atoms with E-state index in [1.165, 1.54) is 32.5 Å². The Hall–Kier alpha value is -2.15. The van der Waals surface area contributed by atoms with Crippen LogP contribution in [0.1, 0.15) is 45.6 Å². The van der Waals surface area contributed by atoms with Gasteiger partial charge < -0.3 is 29.7 Å². The van der Waals surface area contributed by atoms with Gasteiger partial charge in [-0.1, -0.05) is 13.8 Å². The molecule has 0 radical (unpaired) electrons. The summed E-state index contributed by atoms with van der Waals surface area (Å²) in [6.07, 6.45) is 3.71. The number of ether oxygens (including phenoxy) is 3. The number of hydrogen-bond donors (Lipinski definition) is 2. The third-order valence-corrected chi connectivity index (χ3v) is 5.63. The van der Waals surface area contributed by atoms with Crippen molar-refractivity contribution in [2.75, 3.05) is 54.1 Å². The van der Waals surface area contributed by atoms with Gasteiger partial charge in [0.15, 0.2) is 17.5 Å². The Labute approximate surface area is 188 Å². The van der Waals surface area contributed by atoms with E-state index in [4.69, 9.17) is 19.2 Å². The van der Waals surface area contributed by atoms with Gasteiger partial charge in [-0.05, 0) is 62.3 Å². The monoisotopic (exact) mass is 434 g/mol. The Bertz CT molecular complexity index is 660. The number of methoxy groups -OCH3 is 3. The second-order valence-corrected chi connectivity index (χ2v) is 8.57. The molecule has 176 valence electrons. The van der Waals surface area contributed by atoms with E-state index in [2.05, 4.69) is 36.3 Å². The first-order valence-electron chi connectivity index (χ1n) is 11.5. The summed E-state index contributed by atoms with van der Waals surface area (Å²) < 4.78 is 16.3. The molecule has 7 heteroatoms. The van der Waals surface area contributed by atoms with E-state index in [-0.39, 0.29) is 0 Å². The third-order valence-electron chi connectivity index (χ3n) is 5.63. The average Bonchev–Trinajstić information content (AvgIpc) is 2.75. The number of rotatable bonds is 11. The second kappa shape index (κ2) is 13.3. The zero-order valence-electron chi connectivity index (χ0n) is 20.3. The summed E-state index contributed by atoms with van der Waals surface area (Å²) in [7, 11) is 4.86. The van der Waals surface area contributed by atoms with Gasteiger partial charge in [-0.25, -0.2) is 4.99 Å². The lowest BCUT2D eigenvalue weighted by Gasteiger charge is -2.34. The van der Waals surface area contributed by atoms with Crippen molar-refractivity contribution in [3.05, 3.63) is 17.7 Å². The van der Waals surface area contributed by atoms with E-state index >= 15 is 0 Å². The van der Waals surface area contributed by atoms with Crippen molar-refractivity contribution in [1.29, 1.82) is 0 Å². The standard InChI is InChI=1S/C24H42N4O3/c1-7-25-24(26-10-8-9-11-28-16-18(2)12-19(3)17-28)27-15-20-13-21(29-4)23(31-6)22(14-20)30-5/h13-14,18-19H,7-12,15-17H2,1-6H3,(H2,25,26,27). The first kappa shape index (κ1) is 25.1. The van der Waals surface area contributed by atoms with Crippen LogP contribution >= 0.6 is 0 Å². The van der Waals surface area contributed by atoms with Crippen molar-refractivity contribution in [2.45, 2.75) is 46.6 Å². The van der Waals surface area contributed by atoms with Crippen molar-refractivity contribution in [2.24, 2.45) is 16.8 Å². The summed E-state index contributed by atoms with van der Waals surface area (Å²) in [6.45, 7) is 12.8. The first-order valence-corrected chi connectivity index (χ1v) is 11.5. The molecule has 0 amide bonds. The van der Waals surface area contributed by atoms with E-state index in [1.807, 2.05) is 12.1 Å². The molecule has 1 aliphatic rings. The van der Waals surface area contributed by atoms with Crippen LogP contribution in [0.25, 0.3) is 0 Å². The van der Waals surface area contributed by atoms with Crippen molar-refractivity contribution >= 4 is 5.96 Å². The third kappa shape index (κ3) is 8.13. The molecule has 2 rings (SSSR count). The summed E-state index contributed by atoms with van der Waals surface area (Å²) in [4.78, 5) is 7.36. The van der Waals surface area contributed by atoms with Gasteiger partial charge in [0.1, 0.15) is 0 Å². The molecular weight excluding hydrogens is 392 g/mol. The Morgan fingerprint density at radius 2 is 1.65 bits per heavy atom. The van der Waals surface area contributed by atoms with Crippen LogP contribution in [-0.4, -0.2) is 64.9 Å². The van der Waals surface area contributed by atoms with Crippen LogP contribution in [0.5, 0.6) is 17.2 Å². The normalized spacial score (nSPS) is 19.7. The number of piperidine rings is 1. The highest BCUT2D eigenvalue weighted by atomic mass is 16.5. The largest absolute Gasteiger partial charge is 0.493 e. The van der Waals surface area contributed by atoms with E-state index in [9.17, 15) is 0 Å². The highest BCUT2D eigenvalue weighted by Crippen LogP contribution is 2.38. The quantitative estimate of drug-likeness (QED) is 0.316. The summed E-state index contributed by atoms with van der Waals surface area (Å²) >= 11 is 0. The smallest absolute Gasteiger partial charge is 0.203 e. The Morgan fingerprint density at radius 3 is 2.19 bits per heavy atom. The lowest BCUT2D eigenvalue weighted by molar-refractivity contribution is 0.139. The summed E-state index contributed by atoms with van der Waals surface area (Å²) in [5.74, 6) is 4.36. The van der Waals surface area contributed by atoms with Crippen LogP contribution in [-0.2, 0) is 6.54 Å². The number of aliphatic imine (C=N–C) groups is 1. The van der Waals surface area contributed by atoms with Crippen molar-refractivity contribution in [3.63, 3.8) is 0 Å². The molecular formula is C24H42N4O3. The fraction of sp³-hybridized carbons (Fsp3) is 0.708.